The van der Waals surface area contributed by atoms with Crippen molar-refractivity contribution in [3.05, 3.63) is 48.0 Å². The van der Waals surface area contributed by atoms with Gasteiger partial charge in [-0.2, -0.15) is 13.2 Å². The number of nitrogens with one attached hydrogen (secondary N) is 2. The van der Waals surface area contributed by atoms with E-state index in [0.29, 0.717) is 24.6 Å². The van der Waals surface area contributed by atoms with Crippen LogP contribution in [0.5, 0.6) is 5.75 Å². The van der Waals surface area contributed by atoms with E-state index in [1.807, 2.05) is 23.8 Å². The molecule has 2 rings (SSSR count). The third kappa shape index (κ3) is 7.89. The Morgan fingerprint density at radius 3 is 2.79 bits per heavy atom. The Bertz CT molecular complexity index is 745. The predicted octanol–water partition coefficient (Wildman–Crippen LogP) is 3.28. The zero-order valence-electron chi connectivity index (χ0n) is 16.1. The van der Waals surface area contributed by atoms with E-state index in [-0.39, 0.29) is 12.3 Å². The Morgan fingerprint density at radius 2 is 2.11 bits per heavy atom. The highest BCUT2D eigenvalue weighted by atomic mass is 19.4. The molecule has 0 bridgehead atoms. The second kappa shape index (κ2) is 10.6. The van der Waals surface area contributed by atoms with Crippen molar-refractivity contribution in [2.75, 3.05) is 19.7 Å². The first-order chi connectivity index (χ1) is 13.4. The number of aliphatic imine (C=N–C) groups is 1. The number of ether oxygens (including phenoxy) is 1. The van der Waals surface area contributed by atoms with Crippen molar-refractivity contribution in [3.8, 4) is 5.75 Å². The standard InChI is InChI=1S/C19H26F3N5O/c1-3-24-18(25-7-4-9-27-10-8-23-14-27)26-12-16-6-5-15(2)11-17(16)28-13-19(20,21)22/h5-6,8,10-11,14H,3-4,7,9,12-13H2,1-2H3,(H2,24,25,26). The highest BCUT2D eigenvalue weighted by Gasteiger charge is 2.28. The molecule has 9 heteroatoms. The normalized spacial score (nSPS) is 12.1. The summed E-state index contributed by atoms with van der Waals surface area (Å²) in [7, 11) is 0. The lowest BCUT2D eigenvalue weighted by atomic mass is 10.1. The second-order valence-corrected chi connectivity index (χ2v) is 6.29. The number of alkyl halides is 3. The van der Waals surface area contributed by atoms with Crippen LogP contribution in [-0.4, -0.2) is 41.4 Å². The van der Waals surface area contributed by atoms with E-state index >= 15 is 0 Å². The summed E-state index contributed by atoms with van der Waals surface area (Å²) < 4.78 is 44.4. The first-order valence-corrected chi connectivity index (χ1v) is 9.14. The molecule has 0 fully saturated rings. The molecule has 0 aliphatic heterocycles. The second-order valence-electron chi connectivity index (χ2n) is 6.29. The fourth-order valence-corrected chi connectivity index (χ4v) is 2.48. The summed E-state index contributed by atoms with van der Waals surface area (Å²) in [5.41, 5.74) is 1.43. The average molecular weight is 397 g/mol. The topological polar surface area (TPSA) is 63.5 Å². The van der Waals surface area contributed by atoms with Gasteiger partial charge in [-0.15, -0.1) is 0 Å². The summed E-state index contributed by atoms with van der Waals surface area (Å²) in [4.78, 5) is 8.46. The Hall–Kier alpha value is -2.71. The number of imidazole rings is 1. The fourth-order valence-electron chi connectivity index (χ4n) is 2.48. The zero-order chi connectivity index (χ0) is 20.4. The minimum Gasteiger partial charge on any atom is -0.484 e. The van der Waals surface area contributed by atoms with E-state index in [2.05, 4.69) is 20.6 Å². The van der Waals surface area contributed by atoms with Crippen LogP contribution in [0.1, 0.15) is 24.5 Å². The molecule has 2 aromatic rings. The largest absolute Gasteiger partial charge is 0.484 e. The number of nitrogens with zero attached hydrogens (tertiary/aromatic N) is 3. The summed E-state index contributed by atoms with van der Waals surface area (Å²) >= 11 is 0. The van der Waals surface area contributed by atoms with Gasteiger partial charge in [-0.05, 0) is 31.9 Å². The van der Waals surface area contributed by atoms with Gasteiger partial charge >= 0.3 is 6.18 Å². The molecule has 0 amide bonds. The van der Waals surface area contributed by atoms with Crippen LogP contribution in [0.2, 0.25) is 0 Å². The molecular weight excluding hydrogens is 371 g/mol. The lowest BCUT2D eigenvalue weighted by Gasteiger charge is -2.14. The van der Waals surface area contributed by atoms with Crippen molar-refractivity contribution in [2.24, 2.45) is 4.99 Å². The van der Waals surface area contributed by atoms with Gasteiger partial charge in [-0.1, -0.05) is 12.1 Å². The van der Waals surface area contributed by atoms with Gasteiger partial charge in [-0.3, -0.25) is 0 Å². The van der Waals surface area contributed by atoms with Crippen LogP contribution in [-0.2, 0) is 13.1 Å². The molecule has 2 N–H and O–H groups in total. The quantitative estimate of drug-likeness (QED) is 0.387. The average Bonchev–Trinajstić information content (AvgIpc) is 3.15. The number of guanidine groups is 1. The van der Waals surface area contributed by atoms with Crippen molar-refractivity contribution >= 4 is 5.96 Å². The molecule has 0 aliphatic carbocycles. The SMILES string of the molecule is CCNC(=NCc1ccc(C)cc1OCC(F)(F)F)NCCCn1ccnc1. The molecule has 0 radical (unpaired) electrons. The molecule has 1 aromatic carbocycles. The van der Waals surface area contributed by atoms with Crippen LogP contribution in [0.15, 0.2) is 41.9 Å². The van der Waals surface area contributed by atoms with Crippen LogP contribution >= 0.6 is 0 Å². The minimum absolute atomic E-state index is 0.206. The highest BCUT2D eigenvalue weighted by molar-refractivity contribution is 5.79. The molecule has 0 aliphatic rings. The number of aromatic nitrogens is 2. The molecule has 1 aromatic heterocycles. The molecule has 154 valence electrons. The van der Waals surface area contributed by atoms with Crippen molar-refractivity contribution in [2.45, 2.75) is 39.5 Å². The molecule has 0 spiro atoms. The van der Waals surface area contributed by atoms with Crippen LogP contribution in [0.4, 0.5) is 13.2 Å². The Kier molecular flexibility index (Phi) is 8.16. The van der Waals surface area contributed by atoms with E-state index in [0.717, 1.165) is 18.5 Å². The Labute approximate surface area is 162 Å². The van der Waals surface area contributed by atoms with Crippen molar-refractivity contribution in [1.29, 1.82) is 0 Å². The predicted molar refractivity (Wildman–Crippen MR) is 102 cm³/mol. The molecule has 0 atom stereocenters. The maximum atomic E-state index is 12.5. The van der Waals surface area contributed by atoms with Gasteiger partial charge < -0.3 is 19.9 Å². The number of hydrogen-bond acceptors (Lipinski definition) is 3. The number of rotatable bonds is 9. The number of benzene rings is 1. The number of halogens is 3. The van der Waals surface area contributed by atoms with Crippen molar-refractivity contribution < 1.29 is 17.9 Å². The molecule has 0 saturated carbocycles. The van der Waals surface area contributed by atoms with Gasteiger partial charge in [0.15, 0.2) is 12.6 Å². The van der Waals surface area contributed by atoms with Gasteiger partial charge in [-0.25, -0.2) is 9.98 Å². The number of aryl methyl sites for hydroxylation is 2. The molecule has 0 unspecified atom stereocenters. The summed E-state index contributed by atoms with van der Waals surface area (Å²) in [5, 5.41) is 6.36. The Morgan fingerprint density at radius 1 is 1.29 bits per heavy atom. The van der Waals surface area contributed by atoms with E-state index in [1.165, 1.54) is 0 Å². The van der Waals surface area contributed by atoms with E-state index in [4.69, 9.17) is 4.74 Å². The van der Waals surface area contributed by atoms with Crippen molar-refractivity contribution in [3.63, 3.8) is 0 Å². The van der Waals surface area contributed by atoms with Gasteiger partial charge in [0.2, 0.25) is 0 Å². The smallest absolute Gasteiger partial charge is 0.422 e. The lowest BCUT2D eigenvalue weighted by molar-refractivity contribution is -0.153. The monoisotopic (exact) mass is 397 g/mol. The lowest BCUT2D eigenvalue weighted by Crippen LogP contribution is -2.38. The first-order valence-electron chi connectivity index (χ1n) is 9.14. The maximum absolute atomic E-state index is 12.5. The van der Waals surface area contributed by atoms with Crippen LogP contribution in [0, 0.1) is 6.92 Å². The van der Waals surface area contributed by atoms with Crippen LogP contribution < -0.4 is 15.4 Å². The van der Waals surface area contributed by atoms with Gasteiger partial charge in [0, 0.05) is 37.6 Å². The highest BCUT2D eigenvalue weighted by Crippen LogP contribution is 2.24. The van der Waals surface area contributed by atoms with Crippen LogP contribution in [0.3, 0.4) is 0 Å². The molecule has 6 nitrogen and oxygen atoms in total. The minimum atomic E-state index is -4.38. The summed E-state index contributed by atoms with van der Waals surface area (Å²) in [6.07, 6.45) is 1.90. The molecule has 0 saturated heterocycles. The van der Waals surface area contributed by atoms with E-state index in [1.54, 1.807) is 31.6 Å². The van der Waals surface area contributed by atoms with Gasteiger partial charge in [0.1, 0.15) is 5.75 Å². The van der Waals surface area contributed by atoms with E-state index in [9.17, 15) is 13.2 Å². The Balaban J connectivity index is 1.94. The summed E-state index contributed by atoms with van der Waals surface area (Å²) in [5.74, 6) is 0.813. The third-order valence-corrected chi connectivity index (χ3v) is 3.81. The maximum Gasteiger partial charge on any atom is 0.422 e. The van der Waals surface area contributed by atoms with Crippen molar-refractivity contribution in [1.82, 2.24) is 20.2 Å². The third-order valence-electron chi connectivity index (χ3n) is 3.81. The van der Waals surface area contributed by atoms with Gasteiger partial charge in [0.25, 0.3) is 0 Å². The zero-order valence-corrected chi connectivity index (χ0v) is 16.1. The molecule has 1 heterocycles. The number of hydrogen-bond donors (Lipinski definition) is 2. The fraction of sp³-hybridized carbons (Fsp3) is 0.474. The van der Waals surface area contributed by atoms with Gasteiger partial charge in [0.05, 0.1) is 12.9 Å². The van der Waals surface area contributed by atoms with E-state index < -0.39 is 12.8 Å². The molecule has 28 heavy (non-hydrogen) atoms. The van der Waals surface area contributed by atoms with Crippen LogP contribution in [0.25, 0.3) is 0 Å². The molecular formula is C19H26F3N5O. The summed E-state index contributed by atoms with van der Waals surface area (Å²) in [6.45, 7) is 4.86. The summed E-state index contributed by atoms with van der Waals surface area (Å²) in [6, 6.07) is 5.17. The first kappa shape index (κ1) is 21.6.